The molecule has 0 radical (unpaired) electrons. The molecule has 1 N–H and O–H groups in total. The Balaban J connectivity index is 0.00000220. The Labute approximate surface area is 133 Å². The summed E-state index contributed by atoms with van der Waals surface area (Å²) in [6.45, 7) is 3.85. The van der Waals surface area contributed by atoms with Crippen molar-refractivity contribution in [3.63, 3.8) is 0 Å². The number of nitrogens with zero attached hydrogens (tertiary/aromatic N) is 1. The van der Waals surface area contributed by atoms with Gasteiger partial charge in [0.15, 0.2) is 0 Å². The van der Waals surface area contributed by atoms with Crippen molar-refractivity contribution in [2.45, 2.75) is 25.8 Å². The van der Waals surface area contributed by atoms with Gasteiger partial charge < -0.3 is 15.0 Å². The molecule has 4 nitrogen and oxygen atoms in total. The second-order valence-electron chi connectivity index (χ2n) is 5.50. The summed E-state index contributed by atoms with van der Waals surface area (Å²) in [6, 6.07) is 8.16. The number of para-hydroxylation sites is 1. The highest BCUT2D eigenvalue weighted by molar-refractivity contribution is 5.85. The number of hydrogen-bond donors (Lipinski definition) is 1. The summed E-state index contributed by atoms with van der Waals surface area (Å²) >= 11 is 0. The Bertz CT molecular complexity index is 461. The molecule has 1 amide bonds. The minimum absolute atomic E-state index is 0. The SMILES string of the molecule is COc1ccccc1CC(C)N(C)C(=O)C1CCNC1.Cl. The second kappa shape index (κ2) is 8.25. The summed E-state index contributed by atoms with van der Waals surface area (Å²) in [5.41, 5.74) is 1.15. The molecule has 21 heavy (non-hydrogen) atoms. The quantitative estimate of drug-likeness (QED) is 0.905. The average molecular weight is 313 g/mol. The highest BCUT2D eigenvalue weighted by Gasteiger charge is 2.27. The van der Waals surface area contributed by atoms with Crippen LogP contribution in [0.25, 0.3) is 0 Å². The van der Waals surface area contributed by atoms with Gasteiger partial charge in [-0.3, -0.25) is 4.79 Å². The molecular formula is C16H25ClN2O2. The normalized spacial score (nSPS) is 18.7. The van der Waals surface area contributed by atoms with Crippen LogP contribution in [0.1, 0.15) is 18.9 Å². The zero-order valence-electron chi connectivity index (χ0n) is 13.0. The van der Waals surface area contributed by atoms with Gasteiger partial charge in [-0.2, -0.15) is 0 Å². The highest BCUT2D eigenvalue weighted by atomic mass is 35.5. The number of amides is 1. The molecule has 1 aliphatic heterocycles. The van der Waals surface area contributed by atoms with Gasteiger partial charge in [0.1, 0.15) is 5.75 Å². The maximum atomic E-state index is 12.4. The van der Waals surface area contributed by atoms with Gasteiger partial charge in [0.25, 0.3) is 0 Å². The van der Waals surface area contributed by atoms with E-state index in [9.17, 15) is 4.79 Å². The Morgan fingerprint density at radius 2 is 2.19 bits per heavy atom. The van der Waals surface area contributed by atoms with Crippen LogP contribution in [0.15, 0.2) is 24.3 Å². The summed E-state index contributed by atoms with van der Waals surface area (Å²) in [4.78, 5) is 14.3. The van der Waals surface area contributed by atoms with E-state index in [1.807, 2.05) is 30.1 Å². The molecule has 5 heteroatoms. The largest absolute Gasteiger partial charge is 0.496 e. The average Bonchev–Trinajstić information content (AvgIpc) is 3.00. The van der Waals surface area contributed by atoms with E-state index in [0.29, 0.717) is 0 Å². The minimum Gasteiger partial charge on any atom is -0.496 e. The number of halogens is 1. The molecule has 1 aromatic carbocycles. The van der Waals surface area contributed by atoms with Crippen LogP contribution < -0.4 is 10.1 Å². The maximum Gasteiger partial charge on any atom is 0.227 e. The molecule has 0 saturated carbocycles. The van der Waals surface area contributed by atoms with E-state index in [4.69, 9.17) is 4.74 Å². The predicted molar refractivity (Wildman–Crippen MR) is 87.2 cm³/mol. The number of methoxy groups -OCH3 is 1. The standard InChI is InChI=1S/C16H24N2O2.ClH/c1-12(10-13-6-4-5-7-15(13)20-3)18(2)16(19)14-8-9-17-11-14;/h4-7,12,14,17H,8-11H2,1-3H3;1H. The Morgan fingerprint density at radius 3 is 2.81 bits per heavy atom. The van der Waals surface area contributed by atoms with Crippen LogP contribution in [-0.2, 0) is 11.2 Å². The van der Waals surface area contributed by atoms with E-state index < -0.39 is 0 Å². The van der Waals surface area contributed by atoms with Crippen molar-refractivity contribution in [2.75, 3.05) is 27.2 Å². The molecule has 2 atom stereocenters. The first-order valence-corrected chi connectivity index (χ1v) is 7.22. The third kappa shape index (κ3) is 4.35. The van der Waals surface area contributed by atoms with Gasteiger partial charge in [-0.15, -0.1) is 12.4 Å². The predicted octanol–water partition coefficient (Wildman–Crippen LogP) is 2.12. The third-order valence-corrected chi connectivity index (χ3v) is 4.13. The lowest BCUT2D eigenvalue weighted by Gasteiger charge is -2.28. The van der Waals surface area contributed by atoms with Crippen molar-refractivity contribution in [1.82, 2.24) is 10.2 Å². The lowest BCUT2D eigenvalue weighted by Crippen LogP contribution is -2.40. The number of ether oxygens (including phenoxy) is 1. The number of carbonyl (C=O) groups is 1. The monoisotopic (exact) mass is 312 g/mol. The molecule has 1 fully saturated rings. The van der Waals surface area contributed by atoms with Crippen LogP contribution in [0.2, 0.25) is 0 Å². The molecule has 2 rings (SSSR count). The van der Waals surface area contributed by atoms with Crippen molar-refractivity contribution in [1.29, 1.82) is 0 Å². The summed E-state index contributed by atoms with van der Waals surface area (Å²) in [5.74, 6) is 1.28. The van der Waals surface area contributed by atoms with Gasteiger partial charge in [-0.1, -0.05) is 18.2 Å². The van der Waals surface area contributed by atoms with E-state index in [1.165, 1.54) is 0 Å². The Kier molecular flexibility index (Phi) is 6.99. The zero-order chi connectivity index (χ0) is 14.5. The lowest BCUT2D eigenvalue weighted by molar-refractivity contribution is -0.135. The maximum absolute atomic E-state index is 12.4. The molecular weight excluding hydrogens is 288 g/mol. The van der Waals surface area contributed by atoms with E-state index >= 15 is 0 Å². The fraction of sp³-hybridized carbons (Fsp3) is 0.562. The Hall–Kier alpha value is -1.26. The molecule has 0 spiro atoms. The molecule has 1 heterocycles. The molecule has 1 saturated heterocycles. The van der Waals surface area contributed by atoms with Crippen LogP contribution in [-0.4, -0.2) is 44.1 Å². The fourth-order valence-electron chi connectivity index (χ4n) is 2.70. The number of rotatable bonds is 5. The number of benzene rings is 1. The van der Waals surface area contributed by atoms with Crippen LogP contribution >= 0.6 is 12.4 Å². The van der Waals surface area contributed by atoms with Gasteiger partial charge in [0.05, 0.1) is 13.0 Å². The number of nitrogens with one attached hydrogen (secondary N) is 1. The molecule has 1 aromatic rings. The van der Waals surface area contributed by atoms with Crippen molar-refractivity contribution in [3.8, 4) is 5.75 Å². The van der Waals surface area contributed by atoms with E-state index in [0.717, 1.165) is 37.2 Å². The van der Waals surface area contributed by atoms with Crippen molar-refractivity contribution in [3.05, 3.63) is 29.8 Å². The summed E-state index contributed by atoms with van der Waals surface area (Å²) in [6.07, 6.45) is 1.76. The third-order valence-electron chi connectivity index (χ3n) is 4.13. The van der Waals surface area contributed by atoms with Gasteiger partial charge in [-0.05, 0) is 37.9 Å². The fourth-order valence-corrected chi connectivity index (χ4v) is 2.70. The first-order chi connectivity index (χ1) is 9.63. The van der Waals surface area contributed by atoms with Gasteiger partial charge in [0, 0.05) is 19.6 Å². The molecule has 1 aliphatic rings. The van der Waals surface area contributed by atoms with Crippen LogP contribution in [0.4, 0.5) is 0 Å². The minimum atomic E-state index is 0. The van der Waals surface area contributed by atoms with E-state index in [-0.39, 0.29) is 30.3 Å². The molecule has 118 valence electrons. The van der Waals surface area contributed by atoms with Crippen LogP contribution in [0.5, 0.6) is 5.75 Å². The number of carbonyl (C=O) groups excluding carboxylic acids is 1. The van der Waals surface area contributed by atoms with Gasteiger partial charge >= 0.3 is 0 Å². The summed E-state index contributed by atoms with van der Waals surface area (Å²) < 4.78 is 5.37. The number of likely N-dealkylation sites (N-methyl/N-ethyl adjacent to an activating group) is 1. The number of hydrogen-bond acceptors (Lipinski definition) is 3. The molecule has 0 bridgehead atoms. The van der Waals surface area contributed by atoms with Gasteiger partial charge in [0.2, 0.25) is 5.91 Å². The molecule has 0 aliphatic carbocycles. The molecule has 2 unspecified atom stereocenters. The van der Waals surface area contributed by atoms with Crippen LogP contribution in [0, 0.1) is 5.92 Å². The second-order valence-corrected chi connectivity index (χ2v) is 5.50. The summed E-state index contributed by atoms with van der Waals surface area (Å²) in [5, 5.41) is 3.25. The summed E-state index contributed by atoms with van der Waals surface area (Å²) in [7, 11) is 3.59. The van der Waals surface area contributed by atoms with Crippen molar-refractivity contribution in [2.24, 2.45) is 5.92 Å². The van der Waals surface area contributed by atoms with Crippen molar-refractivity contribution >= 4 is 18.3 Å². The smallest absolute Gasteiger partial charge is 0.227 e. The topological polar surface area (TPSA) is 41.6 Å². The zero-order valence-corrected chi connectivity index (χ0v) is 13.8. The Morgan fingerprint density at radius 1 is 1.48 bits per heavy atom. The first kappa shape index (κ1) is 17.8. The lowest BCUT2D eigenvalue weighted by atomic mass is 10.0. The van der Waals surface area contributed by atoms with E-state index in [2.05, 4.69) is 18.3 Å². The highest BCUT2D eigenvalue weighted by Crippen LogP contribution is 2.21. The van der Waals surface area contributed by atoms with E-state index in [1.54, 1.807) is 7.11 Å². The van der Waals surface area contributed by atoms with Crippen molar-refractivity contribution < 1.29 is 9.53 Å². The van der Waals surface area contributed by atoms with Crippen LogP contribution in [0.3, 0.4) is 0 Å². The van der Waals surface area contributed by atoms with Gasteiger partial charge in [-0.25, -0.2) is 0 Å². The first-order valence-electron chi connectivity index (χ1n) is 7.22. The molecule has 0 aromatic heterocycles.